The Morgan fingerprint density at radius 3 is 2.56 bits per heavy atom. The minimum absolute atomic E-state index is 0.0737. The van der Waals surface area contributed by atoms with Gasteiger partial charge in [-0.1, -0.05) is 24.6 Å². The summed E-state index contributed by atoms with van der Waals surface area (Å²) in [5, 5.41) is 58.1. The summed E-state index contributed by atoms with van der Waals surface area (Å²) in [7, 11) is 1.31. The third-order valence-corrected chi connectivity index (χ3v) is 10.0. The molecule has 1 amide bonds. The van der Waals surface area contributed by atoms with E-state index in [4.69, 9.17) is 18.9 Å². The number of Topliss-reactive ketones (excluding diaryl/α,β-unsaturated/α-hetero) is 1. The van der Waals surface area contributed by atoms with E-state index in [2.05, 4.69) is 5.32 Å². The van der Waals surface area contributed by atoms with Crippen LogP contribution in [-0.4, -0.2) is 98.9 Å². The predicted molar refractivity (Wildman–Crippen MR) is 173 cm³/mol. The highest BCUT2D eigenvalue weighted by Gasteiger charge is 2.50. The van der Waals surface area contributed by atoms with Gasteiger partial charge in [0.05, 0.1) is 42.0 Å². The zero-order chi connectivity index (χ0) is 35.9. The van der Waals surface area contributed by atoms with Crippen LogP contribution in [0.5, 0.6) is 17.2 Å². The van der Waals surface area contributed by atoms with E-state index in [1.807, 2.05) is 12.2 Å². The molecule has 0 radical (unpaired) electrons. The minimum Gasteiger partial charge on any atom is -0.507 e. The van der Waals surface area contributed by atoms with Crippen molar-refractivity contribution in [2.75, 3.05) is 13.7 Å². The fraction of sp³-hybridized carbons (Fsp3) is 0.500. The van der Waals surface area contributed by atoms with Gasteiger partial charge in [-0.2, -0.15) is 0 Å². The van der Waals surface area contributed by atoms with E-state index in [9.17, 15) is 44.7 Å². The second kappa shape index (κ2) is 14.1. The fourth-order valence-corrected chi connectivity index (χ4v) is 7.41. The van der Waals surface area contributed by atoms with Crippen LogP contribution in [0.4, 0.5) is 4.79 Å². The molecule has 6 N–H and O–H groups in total. The van der Waals surface area contributed by atoms with Crippen molar-refractivity contribution < 1.29 is 63.7 Å². The number of nitrogens with one attached hydrogen (secondary N) is 1. The molecule has 0 spiro atoms. The second-order valence-corrected chi connectivity index (χ2v) is 13.3. The number of benzene rings is 2. The fourth-order valence-electron chi connectivity index (χ4n) is 7.41. The second-order valence-electron chi connectivity index (χ2n) is 13.3. The number of methoxy groups -OCH3 is 1. The van der Waals surface area contributed by atoms with Crippen LogP contribution in [0.25, 0.3) is 0 Å². The molecule has 6 rings (SSSR count). The van der Waals surface area contributed by atoms with Crippen LogP contribution in [0.3, 0.4) is 0 Å². The first-order valence-corrected chi connectivity index (χ1v) is 16.7. The summed E-state index contributed by atoms with van der Waals surface area (Å²) in [5.74, 6) is -3.98. The summed E-state index contributed by atoms with van der Waals surface area (Å²) in [6.45, 7) is 0.487. The molecular weight excluding hydrogens is 654 g/mol. The van der Waals surface area contributed by atoms with Gasteiger partial charge in [-0.25, -0.2) is 4.79 Å². The van der Waals surface area contributed by atoms with Crippen molar-refractivity contribution in [2.24, 2.45) is 0 Å². The number of ketones is 3. The number of ether oxygens (including phenoxy) is 4. The molecule has 14 nitrogen and oxygen atoms in total. The number of carbonyl (C=O) groups is 4. The molecule has 1 fully saturated rings. The van der Waals surface area contributed by atoms with Gasteiger partial charge in [-0.3, -0.25) is 14.4 Å². The Morgan fingerprint density at radius 2 is 1.82 bits per heavy atom. The van der Waals surface area contributed by atoms with E-state index in [0.717, 1.165) is 25.7 Å². The largest absolute Gasteiger partial charge is 0.507 e. The van der Waals surface area contributed by atoms with Crippen LogP contribution in [0.15, 0.2) is 30.4 Å². The maximum Gasteiger partial charge on any atom is 0.408 e. The SMILES string of the molecule is COc1cccc2c1C(=O)c1c(O)c3c(c(O)c1C2=O)C[C@@](O)(C(=O)CO)C[C@@H]3O[C@H]1C[C@@H](NC(=O)OC2/C=C/CCCCC2)[C@H](O)C(C)O1. The quantitative estimate of drug-likeness (QED) is 0.155. The molecule has 4 aliphatic rings. The van der Waals surface area contributed by atoms with Gasteiger partial charge in [0.2, 0.25) is 5.78 Å². The summed E-state index contributed by atoms with van der Waals surface area (Å²) in [5.41, 5.74) is -3.93. The first kappa shape index (κ1) is 35.5. The van der Waals surface area contributed by atoms with Gasteiger partial charge in [0.1, 0.15) is 41.7 Å². The van der Waals surface area contributed by atoms with Crippen molar-refractivity contribution in [3.05, 3.63) is 63.7 Å². The van der Waals surface area contributed by atoms with E-state index < -0.39 is 108 Å². The number of allylic oxidation sites excluding steroid dienone is 1. The number of fused-ring (bicyclic) bond motifs is 3. The number of phenolic OH excluding ortho intramolecular Hbond substituents is 2. The lowest BCUT2D eigenvalue weighted by atomic mass is 9.72. The lowest BCUT2D eigenvalue weighted by molar-refractivity contribution is -0.249. The highest BCUT2D eigenvalue weighted by atomic mass is 16.7. The molecule has 1 saturated heterocycles. The molecule has 1 aliphatic heterocycles. The normalized spacial score (nSPS) is 29.8. The Labute approximate surface area is 287 Å². The summed E-state index contributed by atoms with van der Waals surface area (Å²) >= 11 is 0. The number of hydrogen-bond donors (Lipinski definition) is 6. The molecule has 0 aromatic heterocycles. The number of aromatic hydroxyl groups is 2. The molecule has 50 heavy (non-hydrogen) atoms. The number of rotatable bonds is 7. The predicted octanol–water partition coefficient (Wildman–Crippen LogP) is 2.66. The molecule has 2 unspecified atom stereocenters. The van der Waals surface area contributed by atoms with Crippen molar-refractivity contribution in [3.63, 3.8) is 0 Å². The first-order valence-electron chi connectivity index (χ1n) is 16.7. The van der Waals surface area contributed by atoms with Gasteiger partial charge in [-0.05, 0) is 44.7 Å². The molecule has 1 heterocycles. The maximum atomic E-state index is 13.9. The average Bonchev–Trinajstić information content (AvgIpc) is 3.07. The summed E-state index contributed by atoms with van der Waals surface area (Å²) in [6.07, 6.45) is 1.13. The summed E-state index contributed by atoms with van der Waals surface area (Å²) in [6, 6.07) is 3.41. The Hall–Kier alpha value is -4.34. The van der Waals surface area contributed by atoms with Gasteiger partial charge in [0, 0.05) is 36.0 Å². The van der Waals surface area contributed by atoms with E-state index >= 15 is 0 Å². The van der Waals surface area contributed by atoms with Crippen molar-refractivity contribution >= 4 is 23.4 Å². The number of phenols is 2. The van der Waals surface area contributed by atoms with Crippen LogP contribution in [0.2, 0.25) is 0 Å². The molecule has 3 aliphatic carbocycles. The van der Waals surface area contributed by atoms with Gasteiger partial charge >= 0.3 is 6.09 Å². The van der Waals surface area contributed by atoms with Crippen molar-refractivity contribution in [3.8, 4) is 17.2 Å². The average molecular weight is 696 g/mol. The minimum atomic E-state index is -2.32. The van der Waals surface area contributed by atoms with Gasteiger partial charge in [0.15, 0.2) is 17.9 Å². The number of hydrogen-bond acceptors (Lipinski definition) is 13. The number of aliphatic hydroxyl groups excluding tert-OH is 2. The Morgan fingerprint density at radius 1 is 1.06 bits per heavy atom. The van der Waals surface area contributed by atoms with Crippen LogP contribution in [-0.2, 0) is 25.4 Å². The Balaban J connectivity index is 1.33. The molecule has 0 bridgehead atoms. The third-order valence-electron chi connectivity index (χ3n) is 10.0. The summed E-state index contributed by atoms with van der Waals surface area (Å²) in [4.78, 5) is 53.4. The lowest BCUT2D eigenvalue weighted by Crippen LogP contribution is -2.56. The zero-order valence-electron chi connectivity index (χ0n) is 27.7. The van der Waals surface area contributed by atoms with Gasteiger partial charge in [0.25, 0.3) is 0 Å². The lowest BCUT2D eigenvalue weighted by Gasteiger charge is -2.42. The highest BCUT2D eigenvalue weighted by Crippen LogP contribution is 2.52. The summed E-state index contributed by atoms with van der Waals surface area (Å²) < 4.78 is 23.0. The van der Waals surface area contributed by atoms with Gasteiger partial charge in [-0.15, -0.1) is 0 Å². The van der Waals surface area contributed by atoms with Crippen LogP contribution >= 0.6 is 0 Å². The molecule has 2 aromatic carbocycles. The molecule has 268 valence electrons. The van der Waals surface area contributed by atoms with Crippen LogP contribution in [0.1, 0.15) is 101 Å². The van der Waals surface area contributed by atoms with Crippen LogP contribution < -0.4 is 10.1 Å². The van der Waals surface area contributed by atoms with E-state index in [1.165, 1.54) is 25.3 Å². The maximum absolute atomic E-state index is 13.9. The molecular formula is C36H41NO13. The van der Waals surface area contributed by atoms with Crippen molar-refractivity contribution in [2.45, 2.75) is 101 Å². The number of aliphatic hydroxyl groups is 3. The van der Waals surface area contributed by atoms with Gasteiger partial charge < -0.3 is 49.8 Å². The smallest absolute Gasteiger partial charge is 0.408 e. The van der Waals surface area contributed by atoms with E-state index in [1.54, 1.807) is 6.92 Å². The molecule has 14 heteroatoms. The Kier molecular flexibility index (Phi) is 10.0. The number of alkyl carbamates (subject to hydrolysis) is 1. The third kappa shape index (κ3) is 6.37. The zero-order valence-corrected chi connectivity index (χ0v) is 27.7. The first-order chi connectivity index (χ1) is 23.9. The molecule has 7 atom stereocenters. The monoisotopic (exact) mass is 695 g/mol. The van der Waals surface area contributed by atoms with Crippen LogP contribution in [0, 0.1) is 0 Å². The number of amides is 1. The van der Waals surface area contributed by atoms with Crippen molar-refractivity contribution in [1.29, 1.82) is 0 Å². The Bertz CT molecular complexity index is 1740. The van der Waals surface area contributed by atoms with E-state index in [0.29, 0.717) is 6.42 Å². The topological polar surface area (TPSA) is 218 Å². The number of carbonyl (C=O) groups excluding carboxylic acids is 4. The standard InChI is InChI=1S/C36H41NO13/c1-17-30(40)21(37-35(45)49-18-9-6-4-3-5-7-10-18)13-25(48-17)50-23-15-36(46,24(39)16-38)14-20-27(23)34(44)29-28(32(20)42)31(41)19-11-8-12-22(47-2)26(19)33(29)43/h6,8-9,11-12,17-18,21,23,25,30,38,40,42,44,46H,3-5,7,10,13-16H2,1-2H3,(H,37,45)/b9-6+/t17?,18?,21-,23+,25+,30-,36+/m1/s1. The molecule has 0 saturated carbocycles. The van der Waals surface area contributed by atoms with E-state index in [-0.39, 0.29) is 34.4 Å². The van der Waals surface area contributed by atoms with Crippen molar-refractivity contribution in [1.82, 2.24) is 5.32 Å². The molecule has 2 aromatic rings. The highest BCUT2D eigenvalue weighted by molar-refractivity contribution is 6.31.